The van der Waals surface area contributed by atoms with Gasteiger partial charge in [0.1, 0.15) is 0 Å². The first-order chi connectivity index (χ1) is 15.3. The van der Waals surface area contributed by atoms with Crippen molar-refractivity contribution < 1.29 is 22.5 Å². The fourth-order valence-corrected chi connectivity index (χ4v) is 4.77. The molecule has 168 valence electrons. The number of amides is 1. The van der Waals surface area contributed by atoms with Crippen LogP contribution in [0.15, 0.2) is 57.9 Å². The summed E-state index contributed by atoms with van der Waals surface area (Å²) >= 11 is 5.89. The summed E-state index contributed by atoms with van der Waals surface area (Å²) < 4.78 is 37.3. The van der Waals surface area contributed by atoms with E-state index in [-0.39, 0.29) is 23.2 Å². The molecule has 2 aromatic carbocycles. The smallest absolute Gasteiger partial charge is 0.254 e. The lowest BCUT2D eigenvalue weighted by molar-refractivity contribution is 0.0730. The molecule has 1 fully saturated rings. The van der Waals surface area contributed by atoms with Gasteiger partial charge in [-0.15, -0.1) is 0 Å². The minimum atomic E-state index is -3.61. The minimum Gasteiger partial charge on any atom is -0.379 e. The van der Waals surface area contributed by atoms with Gasteiger partial charge in [0.25, 0.3) is 5.91 Å². The van der Waals surface area contributed by atoms with E-state index in [1.54, 1.807) is 31.3 Å². The number of carbonyl (C=O) groups excluding carboxylic acids is 1. The molecule has 1 aliphatic heterocycles. The van der Waals surface area contributed by atoms with Crippen LogP contribution in [0.3, 0.4) is 0 Å². The number of carbonyl (C=O) groups is 1. The summed E-state index contributed by atoms with van der Waals surface area (Å²) in [6.45, 7) is 1.47. The van der Waals surface area contributed by atoms with Crippen molar-refractivity contribution in [2.45, 2.75) is 11.4 Å². The number of aromatic nitrogens is 2. The van der Waals surface area contributed by atoms with E-state index in [1.807, 2.05) is 0 Å². The van der Waals surface area contributed by atoms with Crippen LogP contribution in [0.25, 0.3) is 11.4 Å². The predicted molar refractivity (Wildman–Crippen MR) is 117 cm³/mol. The lowest BCUT2D eigenvalue weighted by Crippen LogP contribution is -2.40. The molecular formula is C21H21ClN4O5S. The van der Waals surface area contributed by atoms with Crippen LogP contribution in [0.1, 0.15) is 16.2 Å². The average molecular weight is 477 g/mol. The van der Waals surface area contributed by atoms with Crippen molar-refractivity contribution in [3.63, 3.8) is 0 Å². The number of halogens is 1. The van der Waals surface area contributed by atoms with Crippen molar-refractivity contribution in [2.75, 3.05) is 33.4 Å². The number of hydrogen-bond donors (Lipinski definition) is 0. The van der Waals surface area contributed by atoms with Crippen LogP contribution in [0.4, 0.5) is 0 Å². The fraction of sp³-hybridized carbons (Fsp3) is 0.286. The third-order valence-electron chi connectivity index (χ3n) is 5.00. The predicted octanol–water partition coefficient (Wildman–Crippen LogP) is 2.68. The summed E-state index contributed by atoms with van der Waals surface area (Å²) in [6, 6.07) is 12.9. The second-order valence-corrected chi connectivity index (χ2v) is 9.60. The number of sulfonamides is 1. The monoisotopic (exact) mass is 476 g/mol. The van der Waals surface area contributed by atoms with E-state index >= 15 is 0 Å². The Labute approximate surface area is 190 Å². The Hall–Kier alpha value is -2.79. The van der Waals surface area contributed by atoms with Crippen LogP contribution >= 0.6 is 11.6 Å². The van der Waals surface area contributed by atoms with Crippen LogP contribution in [0, 0.1) is 0 Å². The van der Waals surface area contributed by atoms with Crippen LogP contribution < -0.4 is 0 Å². The number of ether oxygens (including phenoxy) is 1. The molecule has 11 heteroatoms. The molecule has 0 saturated carbocycles. The van der Waals surface area contributed by atoms with Gasteiger partial charge in [-0.25, -0.2) is 8.42 Å². The maximum Gasteiger partial charge on any atom is 0.254 e. The zero-order valence-electron chi connectivity index (χ0n) is 17.3. The highest BCUT2D eigenvalue weighted by atomic mass is 35.5. The van der Waals surface area contributed by atoms with Gasteiger partial charge in [0, 0.05) is 36.3 Å². The van der Waals surface area contributed by atoms with E-state index in [0.29, 0.717) is 42.7 Å². The highest BCUT2D eigenvalue weighted by molar-refractivity contribution is 7.89. The largest absolute Gasteiger partial charge is 0.379 e. The first kappa shape index (κ1) is 22.4. The lowest BCUT2D eigenvalue weighted by Gasteiger charge is -2.26. The zero-order chi connectivity index (χ0) is 22.7. The molecule has 1 aliphatic rings. The van der Waals surface area contributed by atoms with Gasteiger partial charge in [-0.3, -0.25) is 4.79 Å². The third kappa shape index (κ3) is 4.83. The van der Waals surface area contributed by atoms with Crippen molar-refractivity contribution in [3.8, 4) is 11.4 Å². The van der Waals surface area contributed by atoms with E-state index in [1.165, 1.54) is 33.5 Å². The van der Waals surface area contributed by atoms with Crippen LogP contribution in [-0.2, 0) is 21.3 Å². The van der Waals surface area contributed by atoms with Crippen molar-refractivity contribution >= 4 is 27.5 Å². The molecular weight excluding hydrogens is 456 g/mol. The molecule has 0 radical (unpaired) electrons. The molecule has 0 aliphatic carbocycles. The van der Waals surface area contributed by atoms with Gasteiger partial charge in [0.15, 0.2) is 0 Å². The second kappa shape index (κ2) is 9.37. The van der Waals surface area contributed by atoms with E-state index in [2.05, 4.69) is 10.1 Å². The average Bonchev–Trinajstić information content (AvgIpc) is 3.28. The summed E-state index contributed by atoms with van der Waals surface area (Å²) in [4.78, 5) is 18.6. The normalized spacial score (nSPS) is 14.9. The van der Waals surface area contributed by atoms with Gasteiger partial charge < -0.3 is 14.2 Å². The number of nitrogens with zero attached hydrogens (tertiary/aromatic N) is 4. The zero-order valence-corrected chi connectivity index (χ0v) is 18.8. The third-order valence-corrected chi connectivity index (χ3v) is 7.16. The van der Waals surface area contributed by atoms with Crippen molar-refractivity contribution in [2.24, 2.45) is 0 Å². The Morgan fingerprint density at radius 1 is 1.09 bits per heavy atom. The standard InChI is InChI=1S/C21H21ClN4O5S/c1-25(14-19-23-20(24-31-19)15-2-6-17(22)7-3-15)21(27)16-4-8-18(9-5-16)32(28,29)26-10-12-30-13-11-26/h2-9H,10-14H2,1H3. The SMILES string of the molecule is CN(Cc1nc(-c2ccc(Cl)cc2)no1)C(=O)c1ccc(S(=O)(=O)N2CCOCC2)cc1. The van der Waals surface area contributed by atoms with Gasteiger partial charge in [-0.1, -0.05) is 16.8 Å². The molecule has 0 spiro atoms. The Morgan fingerprint density at radius 3 is 2.41 bits per heavy atom. The van der Waals surface area contributed by atoms with E-state index in [4.69, 9.17) is 20.9 Å². The van der Waals surface area contributed by atoms with Crippen LogP contribution in [0.2, 0.25) is 5.02 Å². The highest BCUT2D eigenvalue weighted by Gasteiger charge is 2.26. The van der Waals surface area contributed by atoms with Crippen molar-refractivity contribution in [3.05, 3.63) is 65.0 Å². The molecule has 0 unspecified atom stereocenters. The van der Waals surface area contributed by atoms with Gasteiger partial charge in [-0.05, 0) is 48.5 Å². The maximum absolute atomic E-state index is 12.8. The summed E-state index contributed by atoms with van der Waals surface area (Å²) in [7, 11) is -2.01. The summed E-state index contributed by atoms with van der Waals surface area (Å²) in [6.07, 6.45) is 0. The van der Waals surface area contributed by atoms with Gasteiger partial charge in [0.05, 0.1) is 24.7 Å². The molecule has 0 bridgehead atoms. The number of rotatable bonds is 6. The van der Waals surface area contributed by atoms with E-state index < -0.39 is 10.0 Å². The van der Waals surface area contributed by atoms with Crippen molar-refractivity contribution in [1.29, 1.82) is 0 Å². The Kier molecular flexibility index (Phi) is 6.56. The topological polar surface area (TPSA) is 106 Å². The van der Waals surface area contributed by atoms with Crippen LogP contribution in [0.5, 0.6) is 0 Å². The van der Waals surface area contributed by atoms with Crippen LogP contribution in [-0.4, -0.2) is 67.0 Å². The van der Waals surface area contributed by atoms with E-state index in [0.717, 1.165) is 5.56 Å². The molecule has 4 rings (SSSR count). The fourth-order valence-electron chi connectivity index (χ4n) is 3.24. The molecule has 32 heavy (non-hydrogen) atoms. The quantitative estimate of drug-likeness (QED) is 0.538. The molecule has 2 heterocycles. The number of morpholine rings is 1. The Morgan fingerprint density at radius 2 is 1.75 bits per heavy atom. The summed E-state index contributed by atoms with van der Waals surface area (Å²) in [5.41, 5.74) is 1.10. The Balaban J connectivity index is 1.42. The molecule has 1 saturated heterocycles. The molecule has 1 aromatic heterocycles. The molecule has 0 N–H and O–H groups in total. The summed E-state index contributed by atoms with van der Waals surface area (Å²) in [5.74, 6) is 0.374. The van der Waals surface area contributed by atoms with Gasteiger partial charge in [0.2, 0.25) is 21.7 Å². The second-order valence-electron chi connectivity index (χ2n) is 7.22. The first-order valence-electron chi connectivity index (χ1n) is 9.86. The van der Waals surface area contributed by atoms with Crippen molar-refractivity contribution in [1.82, 2.24) is 19.3 Å². The molecule has 9 nitrogen and oxygen atoms in total. The highest BCUT2D eigenvalue weighted by Crippen LogP contribution is 2.20. The molecule has 3 aromatic rings. The first-order valence-corrected chi connectivity index (χ1v) is 11.7. The maximum atomic E-state index is 12.8. The number of hydrogen-bond acceptors (Lipinski definition) is 7. The summed E-state index contributed by atoms with van der Waals surface area (Å²) in [5, 5.41) is 4.54. The number of benzene rings is 2. The Bertz CT molecular complexity index is 1190. The van der Waals surface area contributed by atoms with Gasteiger partial charge >= 0.3 is 0 Å². The van der Waals surface area contributed by atoms with Gasteiger partial charge in [-0.2, -0.15) is 9.29 Å². The molecule has 0 atom stereocenters. The minimum absolute atomic E-state index is 0.104. The molecule has 1 amide bonds. The van der Waals surface area contributed by atoms with E-state index in [9.17, 15) is 13.2 Å². The lowest BCUT2D eigenvalue weighted by atomic mass is 10.2.